The third kappa shape index (κ3) is 3.57. The number of nitrogens with zero attached hydrogens (tertiary/aromatic N) is 1. The van der Waals surface area contributed by atoms with Crippen LogP contribution in [0.15, 0.2) is 0 Å². The van der Waals surface area contributed by atoms with Gasteiger partial charge in [0.25, 0.3) is 10.2 Å². The normalized spacial score (nSPS) is 31.4. The van der Waals surface area contributed by atoms with Gasteiger partial charge in [0, 0.05) is 25.0 Å². The molecule has 106 valence electrons. The van der Waals surface area contributed by atoms with E-state index < -0.39 is 10.2 Å². The topological polar surface area (TPSA) is 58.6 Å². The van der Waals surface area contributed by atoms with Crippen molar-refractivity contribution >= 4 is 21.8 Å². The Morgan fingerprint density at radius 1 is 1.22 bits per heavy atom. The molecule has 1 aliphatic carbocycles. The summed E-state index contributed by atoms with van der Waals surface area (Å²) in [6.45, 7) is 1.83. The molecule has 0 aromatic rings. The van der Waals surface area contributed by atoms with Crippen LogP contribution in [0.2, 0.25) is 0 Å². The third-order valence-corrected chi connectivity index (χ3v) is 5.76. The first-order chi connectivity index (χ1) is 8.63. The van der Waals surface area contributed by atoms with Crippen molar-refractivity contribution in [2.45, 2.75) is 31.7 Å². The fraction of sp³-hybridized carbons (Fsp3) is 1.00. The highest BCUT2D eigenvalue weighted by molar-refractivity contribution is 7.87. The monoisotopic (exact) mass is 296 g/mol. The molecule has 0 aromatic carbocycles. The van der Waals surface area contributed by atoms with E-state index in [-0.39, 0.29) is 12.0 Å². The standard InChI is InChI=1S/C11H21ClN2O3S/c12-9-10-3-1-2-4-11(10)13-18(15,16)14-5-7-17-8-6-14/h10-11,13H,1-9H2. The molecule has 1 aliphatic heterocycles. The number of halogens is 1. The van der Waals surface area contributed by atoms with Crippen molar-refractivity contribution in [2.24, 2.45) is 5.92 Å². The van der Waals surface area contributed by atoms with Gasteiger partial charge in [-0.05, 0) is 18.8 Å². The van der Waals surface area contributed by atoms with Crippen LogP contribution >= 0.6 is 11.6 Å². The Kier molecular flexibility index (Phi) is 5.26. The van der Waals surface area contributed by atoms with Gasteiger partial charge in [-0.15, -0.1) is 11.6 Å². The van der Waals surface area contributed by atoms with Crippen LogP contribution < -0.4 is 4.72 Å². The molecule has 2 fully saturated rings. The predicted molar refractivity (Wildman–Crippen MR) is 70.9 cm³/mol. The lowest BCUT2D eigenvalue weighted by atomic mass is 9.86. The van der Waals surface area contributed by atoms with Gasteiger partial charge < -0.3 is 4.74 Å². The van der Waals surface area contributed by atoms with E-state index in [9.17, 15) is 8.42 Å². The van der Waals surface area contributed by atoms with Gasteiger partial charge in [0.2, 0.25) is 0 Å². The minimum absolute atomic E-state index is 0.0101. The number of nitrogens with one attached hydrogen (secondary N) is 1. The molecule has 18 heavy (non-hydrogen) atoms. The predicted octanol–water partition coefficient (Wildman–Crippen LogP) is 0.951. The molecule has 2 unspecified atom stereocenters. The molecule has 2 aliphatic rings. The lowest BCUT2D eigenvalue weighted by Gasteiger charge is -2.33. The van der Waals surface area contributed by atoms with Gasteiger partial charge in [-0.1, -0.05) is 12.8 Å². The Bertz CT molecular complexity index is 357. The average Bonchev–Trinajstić information content (AvgIpc) is 2.40. The molecule has 1 saturated carbocycles. The lowest BCUT2D eigenvalue weighted by Crippen LogP contribution is -2.52. The third-order valence-electron chi connectivity index (χ3n) is 3.72. The zero-order valence-electron chi connectivity index (χ0n) is 10.5. The molecule has 0 bridgehead atoms. The van der Waals surface area contributed by atoms with Crippen molar-refractivity contribution < 1.29 is 13.2 Å². The summed E-state index contributed by atoms with van der Waals surface area (Å²) in [5.41, 5.74) is 0. The maximum atomic E-state index is 12.2. The second-order valence-corrected chi connectivity index (χ2v) is 6.95. The highest BCUT2D eigenvalue weighted by atomic mass is 35.5. The Morgan fingerprint density at radius 2 is 1.89 bits per heavy atom. The molecule has 1 saturated heterocycles. The number of ether oxygens (including phenoxy) is 1. The zero-order chi connectivity index (χ0) is 13.0. The van der Waals surface area contributed by atoms with Gasteiger partial charge in [0.15, 0.2) is 0 Å². The summed E-state index contributed by atoms with van der Waals surface area (Å²) >= 11 is 5.92. The van der Waals surface area contributed by atoms with Gasteiger partial charge in [-0.3, -0.25) is 0 Å². The van der Waals surface area contributed by atoms with E-state index in [1.54, 1.807) is 0 Å². The zero-order valence-corrected chi connectivity index (χ0v) is 12.0. The lowest BCUT2D eigenvalue weighted by molar-refractivity contribution is 0.0720. The van der Waals surface area contributed by atoms with Crippen molar-refractivity contribution in [3.8, 4) is 0 Å². The molecule has 7 heteroatoms. The number of hydrogen-bond donors (Lipinski definition) is 1. The average molecular weight is 297 g/mol. The van der Waals surface area contributed by atoms with Gasteiger partial charge in [0.1, 0.15) is 0 Å². The molecule has 0 amide bonds. The molecular weight excluding hydrogens is 276 g/mol. The van der Waals surface area contributed by atoms with Crippen molar-refractivity contribution in [3.63, 3.8) is 0 Å². The quantitative estimate of drug-likeness (QED) is 0.786. The number of alkyl halides is 1. The number of morpholine rings is 1. The van der Waals surface area contributed by atoms with Crippen LogP contribution in [0.1, 0.15) is 25.7 Å². The largest absolute Gasteiger partial charge is 0.379 e. The molecule has 2 atom stereocenters. The molecule has 0 spiro atoms. The second kappa shape index (κ2) is 6.52. The van der Waals surface area contributed by atoms with E-state index in [4.69, 9.17) is 16.3 Å². The summed E-state index contributed by atoms with van der Waals surface area (Å²) in [4.78, 5) is 0. The summed E-state index contributed by atoms with van der Waals surface area (Å²) in [5, 5.41) is 0. The van der Waals surface area contributed by atoms with Crippen LogP contribution in [0, 0.1) is 5.92 Å². The highest BCUT2D eigenvalue weighted by Gasteiger charge is 2.31. The second-order valence-electron chi connectivity index (χ2n) is 4.94. The molecule has 1 N–H and O–H groups in total. The minimum Gasteiger partial charge on any atom is -0.379 e. The molecule has 2 rings (SSSR count). The van der Waals surface area contributed by atoms with Gasteiger partial charge in [0.05, 0.1) is 13.2 Å². The number of rotatable bonds is 4. The maximum absolute atomic E-state index is 12.2. The van der Waals surface area contributed by atoms with Crippen LogP contribution in [-0.4, -0.2) is 50.9 Å². The summed E-state index contributed by atoms with van der Waals surface area (Å²) in [5.74, 6) is 0.785. The first kappa shape index (κ1) is 14.5. The molecular formula is C11H21ClN2O3S. The highest BCUT2D eigenvalue weighted by Crippen LogP contribution is 2.26. The first-order valence-electron chi connectivity index (χ1n) is 6.54. The Morgan fingerprint density at radius 3 is 2.56 bits per heavy atom. The smallest absolute Gasteiger partial charge is 0.279 e. The van der Waals surface area contributed by atoms with Crippen LogP contribution in [-0.2, 0) is 14.9 Å². The van der Waals surface area contributed by atoms with E-state index in [1.165, 1.54) is 4.31 Å². The van der Waals surface area contributed by atoms with Gasteiger partial charge >= 0.3 is 0 Å². The van der Waals surface area contributed by atoms with E-state index in [0.29, 0.717) is 32.2 Å². The first-order valence-corrected chi connectivity index (χ1v) is 8.52. The Hall–Kier alpha value is 0.120. The minimum atomic E-state index is -3.38. The number of hydrogen-bond acceptors (Lipinski definition) is 3. The van der Waals surface area contributed by atoms with Crippen LogP contribution in [0.4, 0.5) is 0 Å². The van der Waals surface area contributed by atoms with Crippen LogP contribution in [0.25, 0.3) is 0 Å². The van der Waals surface area contributed by atoms with Crippen molar-refractivity contribution in [2.75, 3.05) is 32.2 Å². The fourth-order valence-electron chi connectivity index (χ4n) is 2.60. The fourth-order valence-corrected chi connectivity index (χ4v) is 4.44. The van der Waals surface area contributed by atoms with E-state index >= 15 is 0 Å². The van der Waals surface area contributed by atoms with Crippen LogP contribution in [0.5, 0.6) is 0 Å². The van der Waals surface area contributed by atoms with Crippen molar-refractivity contribution in [3.05, 3.63) is 0 Å². The van der Waals surface area contributed by atoms with E-state index in [1.807, 2.05) is 0 Å². The molecule has 1 heterocycles. The molecule has 0 radical (unpaired) electrons. The van der Waals surface area contributed by atoms with E-state index in [2.05, 4.69) is 4.72 Å². The van der Waals surface area contributed by atoms with Gasteiger partial charge in [-0.2, -0.15) is 17.4 Å². The Balaban J connectivity index is 1.97. The summed E-state index contributed by atoms with van der Waals surface area (Å²) < 4.78 is 33.9. The van der Waals surface area contributed by atoms with Crippen LogP contribution in [0.3, 0.4) is 0 Å². The molecule has 5 nitrogen and oxygen atoms in total. The summed E-state index contributed by atoms with van der Waals surface area (Å²) in [6.07, 6.45) is 4.12. The Labute approximate surface area is 114 Å². The SMILES string of the molecule is O=S(=O)(NC1CCCCC1CCl)N1CCOCC1. The maximum Gasteiger partial charge on any atom is 0.279 e. The molecule has 0 aromatic heterocycles. The summed E-state index contributed by atoms with van der Waals surface area (Å²) in [7, 11) is -3.38. The van der Waals surface area contributed by atoms with Crippen molar-refractivity contribution in [1.29, 1.82) is 0 Å². The van der Waals surface area contributed by atoms with E-state index in [0.717, 1.165) is 25.7 Å². The van der Waals surface area contributed by atoms with Crippen molar-refractivity contribution in [1.82, 2.24) is 9.03 Å². The van der Waals surface area contributed by atoms with Gasteiger partial charge in [-0.25, -0.2) is 0 Å². The summed E-state index contributed by atoms with van der Waals surface area (Å²) in [6, 6.07) is -0.0101.